The van der Waals surface area contributed by atoms with E-state index in [2.05, 4.69) is 0 Å². The Morgan fingerprint density at radius 1 is 1.32 bits per heavy atom. The van der Waals surface area contributed by atoms with Gasteiger partial charge in [-0.1, -0.05) is 12.1 Å². The molecule has 1 atom stereocenters. The van der Waals surface area contributed by atoms with Gasteiger partial charge in [-0.25, -0.2) is 0 Å². The molecule has 1 aromatic rings. The molecule has 1 aliphatic heterocycles. The number of hydrogen-bond acceptors (Lipinski definition) is 3. The van der Waals surface area contributed by atoms with Gasteiger partial charge in [0, 0.05) is 13.1 Å². The minimum Gasteiger partial charge on any atom is -0.481 e. The second kappa shape index (κ2) is 6.06. The van der Waals surface area contributed by atoms with Gasteiger partial charge in [0.25, 0.3) is 5.91 Å². The minimum absolute atomic E-state index is 0.0317. The molecule has 1 aromatic carbocycles. The van der Waals surface area contributed by atoms with Crippen LogP contribution in [0, 0.1) is 13.8 Å². The van der Waals surface area contributed by atoms with Crippen molar-refractivity contribution >= 4 is 5.91 Å². The van der Waals surface area contributed by atoms with Crippen molar-refractivity contribution in [3.05, 3.63) is 29.3 Å². The Labute approximate surface area is 114 Å². The Kier molecular flexibility index (Phi) is 4.43. The number of morpholine rings is 1. The zero-order valence-corrected chi connectivity index (χ0v) is 11.8. The second-order valence-corrected chi connectivity index (χ2v) is 4.97. The molecule has 1 fully saturated rings. The fraction of sp³-hybridized carbons (Fsp3) is 0.533. The third-order valence-corrected chi connectivity index (χ3v) is 3.32. The summed E-state index contributed by atoms with van der Waals surface area (Å²) < 4.78 is 11.1. The molecule has 0 radical (unpaired) electrons. The third-order valence-electron chi connectivity index (χ3n) is 3.32. The molecular weight excluding hydrogens is 242 g/mol. The number of carbonyl (C=O) groups is 1. The van der Waals surface area contributed by atoms with Gasteiger partial charge in [0.15, 0.2) is 6.10 Å². The highest BCUT2D eigenvalue weighted by molar-refractivity contribution is 5.81. The van der Waals surface area contributed by atoms with E-state index in [1.54, 1.807) is 11.8 Å². The zero-order valence-electron chi connectivity index (χ0n) is 11.8. The van der Waals surface area contributed by atoms with Crippen molar-refractivity contribution in [1.82, 2.24) is 4.90 Å². The summed E-state index contributed by atoms with van der Waals surface area (Å²) in [6.07, 6.45) is -0.460. The van der Waals surface area contributed by atoms with Crippen molar-refractivity contribution in [2.45, 2.75) is 26.9 Å². The van der Waals surface area contributed by atoms with E-state index in [1.807, 2.05) is 32.0 Å². The van der Waals surface area contributed by atoms with Crippen LogP contribution in [0.2, 0.25) is 0 Å². The number of carbonyl (C=O) groups excluding carboxylic acids is 1. The molecule has 0 bridgehead atoms. The highest BCUT2D eigenvalue weighted by Gasteiger charge is 2.24. The summed E-state index contributed by atoms with van der Waals surface area (Å²) in [5, 5.41) is 0. The first-order chi connectivity index (χ1) is 9.08. The Balaban J connectivity index is 2.01. The van der Waals surface area contributed by atoms with Gasteiger partial charge >= 0.3 is 0 Å². The molecule has 1 heterocycles. The topological polar surface area (TPSA) is 38.8 Å². The maximum atomic E-state index is 12.2. The Morgan fingerprint density at radius 2 is 2.00 bits per heavy atom. The first kappa shape index (κ1) is 13.9. The van der Waals surface area contributed by atoms with Crippen molar-refractivity contribution in [1.29, 1.82) is 0 Å². The smallest absolute Gasteiger partial charge is 0.263 e. The number of amides is 1. The molecule has 4 nitrogen and oxygen atoms in total. The zero-order chi connectivity index (χ0) is 13.8. The van der Waals surface area contributed by atoms with Gasteiger partial charge in [-0.15, -0.1) is 0 Å². The molecule has 104 valence electrons. The van der Waals surface area contributed by atoms with Crippen molar-refractivity contribution in [2.75, 3.05) is 26.3 Å². The number of aryl methyl sites for hydroxylation is 2. The van der Waals surface area contributed by atoms with E-state index in [9.17, 15) is 4.79 Å². The van der Waals surface area contributed by atoms with E-state index in [4.69, 9.17) is 9.47 Å². The molecule has 19 heavy (non-hydrogen) atoms. The fourth-order valence-corrected chi connectivity index (χ4v) is 2.12. The molecular formula is C15H21NO3. The van der Waals surface area contributed by atoms with Gasteiger partial charge in [0.2, 0.25) is 0 Å². The molecule has 1 aliphatic rings. The third kappa shape index (κ3) is 3.47. The van der Waals surface area contributed by atoms with E-state index in [1.165, 1.54) is 0 Å². The van der Waals surface area contributed by atoms with E-state index in [-0.39, 0.29) is 5.91 Å². The van der Waals surface area contributed by atoms with Crippen LogP contribution in [0.25, 0.3) is 0 Å². The summed E-state index contributed by atoms with van der Waals surface area (Å²) in [5.41, 5.74) is 2.18. The van der Waals surface area contributed by atoms with Crippen molar-refractivity contribution < 1.29 is 14.3 Å². The van der Waals surface area contributed by atoms with Crippen LogP contribution in [-0.4, -0.2) is 43.2 Å². The lowest BCUT2D eigenvalue weighted by atomic mass is 10.1. The van der Waals surface area contributed by atoms with Gasteiger partial charge < -0.3 is 14.4 Å². The van der Waals surface area contributed by atoms with Crippen LogP contribution in [0.3, 0.4) is 0 Å². The van der Waals surface area contributed by atoms with Crippen molar-refractivity contribution in [3.63, 3.8) is 0 Å². The summed E-state index contributed by atoms with van der Waals surface area (Å²) in [6, 6.07) is 6.02. The van der Waals surface area contributed by atoms with Crippen LogP contribution >= 0.6 is 0 Å². The lowest BCUT2D eigenvalue weighted by Crippen LogP contribution is -2.46. The Morgan fingerprint density at radius 3 is 2.68 bits per heavy atom. The maximum absolute atomic E-state index is 12.2. The quantitative estimate of drug-likeness (QED) is 0.836. The molecule has 1 amide bonds. The summed E-state index contributed by atoms with van der Waals surface area (Å²) in [5.74, 6) is 0.818. The molecule has 0 saturated carbocycles. The van der Waals surface area contributed by atoms with Gasteiger partial charge in [0.05, 0.1) is 13.2 Å². The SMILES string of the molecule is Cc1ccc(C)c(OC(C)C(=O)N2CCOCC2)c1. The number of nitrogens with zero attached hydrogens (tertiary/aromatic N) is 1. The van der Waals surface area contributed by atoms with Gasteiger partial charge in [-0.05, 0) is 38.0 Å². The van der Waals surface area contributed by atoms with Crippen LogP contribution in [0.4, 0.5) is 0 Å². The first-order valence-electron chi connectivity index (χ1n) is 6.68. The highest BCUT2D eigenvalue weighted by atomic mass is 16.5. The fourth-order valence-electron chi connectivity index (χ4n) is 2.12. The largest absolute Gasteiger partial charge is 0.481 e. The van der Waals surface area contributed by atoms with E-state index in [0.717, 1.165) is 16.9 Å². The number of ether oxygens (including phenoxy) is 2. The van der Waals surface area contributed by atoms with E-state index >= 15 is 0 Å². The normalized spacial score (nSPS) is 17.1. The summed E-state index contributed by atoms with van der Waals surface area (Å²) in [7, 11) is 0. The van der Waals surface area contributed by atoms with E-state index in [0.29, 0.717) is 26.3 Å². The van der Waals surface area contributed by atoms with Gasteiger partial charge in [-0.3, -0.25) is 4.79 Å². The van der Waals surface area contributed by atoms with Crippen LogP contribution < -0.4 is 4.74 Å². The summed E-state index contributed by atoms with van der Waals surface area (Å²) in [4.78, 5) is 14.0. The monoisotopic (exact) mass is 263 g/mol. The van der Waals surface area contributed by atoms with Crippen molar-refractivity contribution in [2.24, 2.45) is 0 Å². The molecule has 0 spiro atoms. The minimum atomic E-state index is -0.460. The van der Waals surface area contributed by atoms with Gasteiger partial charge in [0.1, 0.15) is 5.75 Å². The lowest BCUT2D eigenvalue weighted by molar-refractivity contribution is -0.142. The molecule has 1 saturated heterocycles. The predicted octanol–water partition coefficient (Wildman–Crippen LogP) is 1.93. The van der Waals surface area contributed by atoms with Crippen molar-refractivity contribution in [3.8, 4) is 5.75 Å². The molecule has 0 N–H and O–H groups in total. The average molecular weight is 263 g/mol. The number of hydrogen-bond donors (Lipinski definition) is 0. The molecule has 1 unspecified atom stereocenters. The first-order valence-corrected chi connectivity index (χ1v) is 6.68. The molecule has 0 aliphatic carbocycles. The molecule has 0 aromatic heterocycles. The highest BCUT2D eigenvalue weighted by Crippen LogP contribution is 2.21. The van der Waals surface area contributed by atoms with Crippen LogP contribution in [-0.2, 0) is 9.53 Å². The van der Waals surface area contributed by atoms with E-state index < -0.39 is 6.10 Å². The summed E-state index contributed by atoms with van der Waals surface area (Å²) in [6.45, 7) is 8.34. The van der Waals surface area contributed by atoms with Crippen LogP contribution in [0.5, 0.6) is 5.75 Å². The van der Waals surface area contributed by atoms with Crippen LogP contribution in [0.1, 0.15) is 18.1 Å². The average Bonchev–Trinajstić information content (AvgIpc) is 2.43. The standard InChI is InChI=1S/C15H21NO3/c1-11-4-5-12(2)14(10-11)19-13(3)15(17)16-6-8-18-9-7-16/h4-5,10,13H,6-9H2,1-3H3. The second-order valence-electron chi connectivity index (χ2n) is 4.97. The number of rotatable bonds is 3. The predicted molar refractivity (Wildman–Crippen MR) is 73.4 cm³/mol. The van der Waals surface area contributed by atoms with Gasteiger partial charge in [-0.2, -0.15) is 0 Å². The number of benzene rings is 1. The Hall–Kier alpha value is -1.55. The molecule has 4 heteroatoms. The Bertz CT molecular complexity index is 453. The maximum Gasteiger partial charge on any atom is 0.263 e. The lowest BCUT2D eigenvalue weighted by Gasteiger charge is -2.29. The van der Waals surface area contributed by atoms with Crippen LogP contribution in [0.15, 0.2) is 18.2 Å². The summed E-state index contributed by atoms with van der Waals surface area (Å²) >= 11 is 0. The molecule has 2 rings (SSSR count).